The smallest absolute Gasteiger partial charge is 0.261 e. The number of carbonyl (C=O) groups is 1. The standard InChI is InChI=1S/C22H26N4O4/c1-4-14-26-15(3)10-11-16(22(26)28)21-24-20(30-25-21)13-12-19(27)23-17-8-6-7-9-18(17)29-5-2/h6-11H,4-5,12-14H2,1-3H3,(H,23,27). The Morgan fingerprint density at radius 3 is 2.77 bits per heavy atom. The quantitative estimate of drug-likeness (QED) is 0.579. The zero-order valence-corrected chi connectivity index (χ0v) is 17.5. The number of anilines is 1. The molecule has 0 radical (unpaired) electrons. The fraction of sp³-hybridized carbons (Fsp3) is 0.364. The van der Waals surface area contributed by atoms with Gasteiger partial charge in [-0.05, 0) is 44.5 Å². The lowest BCUT2D eigenvalue weighted by atomic mass is 10.2. The van der Waals surface area contributed by atoms with E-state index in [-0.39, 0.29) is 30.1 Å². The summed E-state index contributed by atoms with van der Waals surface area (Å²) in [6, 6.07) is 10.8. The van der Waals surface area contributed by atoms with Crippen LogP contribution in [0, 0.1) is 6.92 Å². The van der Waals surface area contributed by atoms with Gasteiger partial charge in [0.2, 0.25) is 17.6 Å². The van der Waals surface area contributed by atoms with Gasteiger partial charge in [-0.2, -0.15) is 4.98 Å². The summed E-state index contributed by atoms with van der Waals surface area (Å²) < 4.78 is 12.5. The van der Waals surface area contributed by atoms with Crippen molar-refractivity contribution in [3.63, 3.8) is 0 Å². The maximum Gasteiger partial charge on any atom is 0.261 e. The van der Waals surface area contributed by atoms with Gasteiger partial charge in [-0.1, -0.05) is 24.2 Å². The number of hydrogen-bond donors (Lipinski definition) is 1. The minimum atomic E-state index is -0.192. The molecule has 8 heteroatoms. The van der Waals surface area contributed by atoms with Crippen LogP contribution < -0.4 is 15.6 Å². The highest BCUT2D eigenvalue weighted by molar-refractivity contribution is 5.92. The third-order valence-corrected chi connectivity index (χ3v) is 4.58. The van der Waals surface area contributed by atoms with Crippen LogP contribution in [-0.4, -0.2) is 27.2 Å². The molecule has 0 unspecified atom stereocenters. The Hall–Kier alpha value is -3.42. The lowest BCUT2D eigenvalue weighted by Crippen LogP contribution is -2.23. The number of aryl methyl sites for hydroxylation is 2. The van der Waals surface area contributed by atoms with E-state index in [1.54, 1.807) is 22.8 Å². The number of nitrogens with one attached hydrogen (secondary N) is 1. The van der Waals surface area contributed by atoms with E-state index < -0.39 is 0 Å². The Morgan fingerprint density at radius 1 is 1.20 bits per heavy atom. The zero-order valence-electron chi connectivity index (χ0n) is 17.5. The number of benzene rings is 1. The third kappa shape index (κ3) is 4.94. The first-order chi connectivity index (χ1) is 14.5. The van der Waals surface area contributed by atoms with Crippen molar-refractivity contribution in [3.8, 4) is 17.1 Å². The van der Waals surface area contributed by atoms with Gasteiger partial charge in [0.1, 0.15) is 5.75 Å². The molecule has 0 saturated carbocycles. The first kappa shape index (κ1) is 21.3. The molecule has 2 aromatic heterocycles. The summed E-state index contributed by atoms with van der Waals surface area (Å²) in [6.07, 6.45) is 1.28. The monoisotopic (exact) mass is 410 g/mol. The molecule has 0 atom stereocenters. The van der Waals surface area contributed by atoms with E-state index in [0.717, 1.165) is 12.1 Å². The molecule has 0 spiro atoms. The predicted octanol–water partition coefficient (Wildman–Crippen LogP) is 3.59. The van der Waals surface area contributed by atoms with Crippen molar-refractivity contribution in [2.24, 2.45) is 0 Å². The molecule has 1 aromatic carbocycles. The summed E-state index contributed by atoms with van der Waals surface area (Å²) in [5, 5.41) is 6.76. The normalized spacial score (nSPS) is 10.8. The number of rotatable bonds is 9. The molecule has 0 saturated heterocycles. The van der Waals surface area contributed by atoms with E-state index in [0.29, 0.717) is 36.0 Å². The van der Waals surface area contributed by atoms with Gasteiger partial charge in [0.15, 0.2) is 0 Å². The van der Waals surface area contributed by atoms with E-state index in [4.69, 9.17) is 9.26 Å². The van der Waals surface area contributed by atoms with Crippen molar-refractivity contribution in [1.82, 2.24) is 14.7 Å². The number of carbonyl (C=O) groups excluding carboxylic acids is 1. The maximum absolute atomic E-state index is 12.7. The van der Waals surface area contributed by atoms with Crippen LogP contribution in [-0.2, 0) is 17.8 Å². The summed E-state index contributed by atoms with van der Waals surface area (Å²) in [6.45, 7) is 6.94. The van der Waals surface area contributed by atoms with Gasteiger partial charge in [0.25, 0.3) is 5.56 Å². The largest absolute Gasteiger partial charge is 0.492 e. The summed E-state index contributed by atoms with van der Waals surface area (Å²) in [4.78, 5) is 29.3. The second kappa shape index (κ2) is 9.87. The van der Waals surface area contributed by atoms with Crippen molar-refractivity contribution in [1.29, 1.82) is 0 Å². The van der Waals surface area contributed by atoms with Gasteiger partial charge in [0, 0.05) is 25.1 Å². The molecule has 30 heavy (non-hydrogen) atoms. The van der Waals surface area contributed by atoms with Gasteiger partial charge in [-0.3, -0.25) is 9.59 Å². The Balaban J connectivity index is 1.66. The SMILES string of the molecule is CCCn1c(C)ccc(-c2noc(CCC(=O)Nc3ccccc3OCC)n2)c1=O. The molecule has 1 amide bonds. The van der Waals surface area contributed by atoms with Crippen molar-refractivity contribution in [3.05, 3.63) is 58.3 Å². The summed E-state index contributed by atoms with van der Waals surface area (Å²) >= 11 is 0. The topological polar surface area (TPSA) is 99.2 Å². The molecule has 0 aliphatic carbocycles. The summed E-state index contributed by atoms with van der Waals surface area (Å²) in [7, 11) is 0. The van der Waals surface area contributed by atoms with E-state index in [1.165, 1.54) is 0 Å². The highest BCUT2D eigenvalue weighted by Gasteiger charge is 2.16. The van der Waals surface area contributed by atoms with Gasteiger partial charge in [0.05, 0.1) is 17.9 Å². The first-order valence-electron chi connectivity index (χ1n) is 10.1. The molecule has 2 heterocycles. The number of ether oxygens (including phenoxy) is 1. The lowest BCUT2D eigenvalue weighted by molar-refractivity contribution is -0.116. The first-order valence-corrected chi connectivity index (χ1v) is 10.1. The van der Waals surface area contributed by atoms with Crippen molar-refractivity contribution < 1.29 is 14.1 Å². The van der Waals surface area contributed by atoms with Gasteiger partial charge < -0.3 is 19.1 Å². The van der Waals surface area contributed by atoms with E-state index >= 15 is 0 Å². The van der Waals surface area contributed by atoms with Crippen molar-refractivity contribution >= 4 is 11.6 Å². The highest BCUT2D eigenvalue weighted by Crippen LogP contribution is 2.24. The third-order valence-electron chi connectivity index (χ3n) is 4.58. The van der Waals surface area contributed by atoms with Crippen LogP contribution >= 0.6 is 0 Å². The number of nitrogens with zero attached hydrogens (tertiary/aromatic N) is 3. The highest BCUT2D eigenvalue weighted by atomic mass is 16.5. The second-order valence-electron chi connectivity index (χ2n) is 6.83. The van der Waals surface area contributed by atoms with Crippen molar-refractivity contribution in [2.45, 2.75) is 46.6 Å². The van der Waals surface area contributed by atoms with E-state index in [2.05, 4.69) is 15.5 Å². The molecular formula is C22H26N4O4. The summed E-state index contributed by atoms with van der Waals surface area (Å²) in [5.74, 6) is 0.973. The van der Waals surface area contributed by atoms with Gasteiger partial charge >= 0.3 is 0 Å². The Labute approximate surface area is 174 Å². The van der Waals surface area contributed by atoms with E-state index in [9.17, 15) is 9.59 Å². The van der Waals surface area contributed by atoms with E-state index in [1.807, 2.05) is 39.0 Å². The number of hydrogen-bond acceptors (Lipinski definition) is 6. The average molecular weight is 410 g/mol. The minimum Gasteiger partial charge on any atom is -0.492 e. The molecule has 158 valence electrons. The number of aromatic nitrogens is 3. The van der Waals surface area contributed by atoms with Gasteiger partial charge in [-0.25, -0.2) is 0 Å². The lowest BCUT2D eigenvalue weighted by Gasteiger charge is -2.10. The van der Waals surface area contributed by atoms with Crippen LogP contribution in [0.1, 0.15) is 38.3 Å². The average Bonchev–Trinajstić information content (AvgIpc) is 3.20. The molecule has 1 N–H and O–H groups in total. The molecule has 0 aliphatic rings. The fourth-order valence-corrected chi connectivity index (χ4v) is 3.09. The number of pyridine rings is 1. The Morgan fingerprint density at radius 2 is 2.00 bits per heavy atom. The van der Waals surface area contributed by atoms with Crippen LogP contribution in [0.3, 0.4) is 0 Å². The van der Waals surface area contributed by atoms with Crippen LogP contribution in [0.5, 0.6) is 5.75 Å². The molecule has 0 fully saturated rings. The molecule has 0 bridgehead atoms. The molecule has 3 aromatic rings. The molecule has 8 nitrogen and oxygen atoms in total. The minimum absolute atomic E-state index is 0.144. The van der Waals surface area contributed by atoms with Crippen LogP contribution in [0.2, 0.25) is 0 Å². The number of para-hydroxylation sites is 2. The van der Waals surface area contributed by atoms with Crippen molar-refractivity contribution in [2.75, 3.05) is 11.9 Å². The fourth-order valence-electron chi connectivity index (χ4n) is 3.09. The molecular weight excluding hydrogens is 384 g/mol. The van der Waals surface area contributed by atoms with Crippen LogP contribution in [0.15, 0.2) is 45.7 Å². The van der Waals surface area contributed by atoms with Gasteiger partial charge in [-0.15, -0.1) is 0 Å². The Kier molecular flexibility index (Phi) is 7.00. The molecule has 0 aliphatic heterocycles. The Bertz CT molecular complexity index is 1070. The summed E-state index contributed by atoms with van der Waals surface area (Å²) in [5.41, 5.74) is 1.75. The van der Waals surface area contributed by atoms with Crippen LogP contribution in [0.4, 0.5) is 5.69 Å². The number of amides is 1. The van der Waals surface area contributed by atoms with Crippen LogP contribution in [0.25, 0.3) is 11.4 Å². The predicted molar refractivity (Wildman–Crippen MR) is 114 cm³/mol. The molecule has 3 rings (SSSR count). The second-order valence-corrected chi connectivity index (χ2v) is 6.83. The zero-order chi connectivity index (χ0) is 21.5. The maximum atomic E-state index is 12.7.